The van der Waals surface area contributed by atoms with Crippen LogP contribution in [0.3, 0.4) is 0 Å². The van der Waals surface area contributed by atoms with Gasteiger partial charge in [0.25, 0.3) is 0 Å². The van der Waals surface area contributed by atoms with E-state index in [2.05, 4.69) is 9.71 Å². The van der Waals surface area contributed by atoms with Gasteiger partial charge < -0.3 is 0 Å². The van der Waals surface area contributed by atoms with Crippen molar-refractivity contribution < 1.29 is 13.2 Å². The lowest BCUT2D eigenvalue weighted by Crippen LogP contribution is -2.35. The van der Waals surface area contributed by atoms with Gasteiger partial charge in [-0.05, 0) is 26.2 Å². The molecule has 0 bridgehead atoms. The first kappa shape index (κ1) is 17.1. The van der Waals surface area contributed by atoms with Gasteiger partial charge in [0.2, 0.25) is 15.9 Å². The van der Waals surface area contributed by atoms with Crippen LogP contribution < -0.4 is 4.72 Å². The number of hydrogen-bond donors (Lipinski definition) is 1. The predicted octanol–water partition coefficient (Wildman–Crippen LogP) is 2.18. The molecule has 1 N–H and O–H groups in total. The minimum absolute atomic E-state index is 0.0115. The fourth-order valence-corrected chi connectivity index (χ4v) is 4.34. The average molecular weight is 318 g/mol. The van der Waals surface area contributed by atoms with Crippen LogP contribution in [-0.4, -0.2) is 25.1 Å². The summed E-state index contributed by atoms with van der Waals surface area (Å²) in [4.78, 5) is 17.0. The van der Waals surface area contributed by atoms with E-state index in [0.717, 1.165) is 22.7 Å². The zero-order valence-electron chi connectivity index (χ0n) is 12.4. The quantitative estimate of drug-likeness (QED) is 0.836. The normalized spacial score (nSPS) is 13.2. The van der Waals surface area contributed by atoms with Crippen molar-refractivity contribution in [2.24, 2.45) is 5.92 Å². The highest BCUT2D eigenvalue weighted by Gasteiger charge is 2.19. The maximum Gasteiger partial charge on any atom is 0.239 e. The molecule has 0 radical (unpaired) electrons. The highest BCUT2D eigenvalue weighted by atomic mass is 32.2. The number of sulfonamides is 1. The van der Waals surface area contributed by atoms with E-state index >= 15 is 0 Å². The van der Waals surface area contributed by atoms with Gasteiger partial charge in [-0.15, -0.1) is 11.3 Å². The van der Waals surface area contributed by atoms with E-state index < -0.39 is 15.9 Å². The van der Waals surface area contributed by atoms with Crippen LogP contribution in [0.1, 0.15) is 42.3 Å². The summed E-state index contributed by atoms with van der Waals surface area (Å²) in [6.45, 7) is 7.63. The monoisotopic (exact) mass is 318 g/mol. The van der Waals surface area contributed by atoms with Crippen LogP contribution in [0.5, 0.6) is 0 Å². The summed E-state index contributed by atoms with van der Waals surface area (Å²) < 4.78 is 25.8. The van der Waals surface area contributed by atoms with Gasteiger partial charge in [-0.1, -0.05) is 20.3 Å². The fourth-order valence-electron chi connectivity index (χ4n) is 2.09. The Labute approximate surface area is 124 Å². The first-order valence-corrected chi connectivity index (χ1v) is 9.16. The van der Waals surface area contributed by atoms with E-state index in [9.17, 15) is 13.2 Å². The lowest BCUT2D eigenvalue weighted by atomic mass is 10.1. The van der Waals surface area contributed by atoms with E-state index in [1.54, 1.807) is 0 Å². The Balaban J connectivity index is 2.59. The molecule has 5 nitrogen and oxygen atoms in total. The van der Waals surface area contributed by atoms with E-state index in [4.69, 9.17) is 0 Å². The van der Waals surface area contributed by atoms with Gasteiger partial charge in [0.15, 0.2) is 0 Å². The van der Waals surface area contributed by atoms with Crippen LogP contribution in [0.4, 0.5) is 0 Å². The summed E-state index contributed by atoms with van der Waals surface area (Å²) in [5, 5.41) is 0.879. The molecule has 0 aliphatic carbocycles. The number of aromatic nitrogens is 1. The lowest BCUT2D eigenvalue weighted by molar-refractivity contribution is -0.118. The molecule has 0 saturated heterocycles. The van der Waals surface area contributed by atoms with Gasteiger partial charge in [0.1, 0.15) is 0 Å². The topological polar surface area (TPSA) is 76.1 Å². The molecule has 0 spiro atoms. The third-order valence-electron chi connectivity index (χ3n) is 2.88. The molecular weight excluding hydrogens is 296 g/mol. The van der Waals surface area contributed by atoms with Crippen molar-refractivity contribution in [3.63, 3.8) is 0 Å². The fraction of sp³-hybridized carbons (Fsp3) is 0.692. The first-order valence-electron chi connectivity index (χ1n) is 6.69. The van der Waals surface area contributed by atoms with E-state index in [1.807, 2.05) is 27.7 Å². The summed E-state index contributed by atoms with van der Waals surface area (Å²) >= 11 is 1.51. The number of thiazole rings is 1. The molecule has 7 heteroatoms. The third kappa shape index (κ3) is 5.58. The van der Waals surface area contributed by atoms with Crippen molar-refractivity contribution in [3.8, 4) is 0 Å². The maximum absolute atomic E-state index is 11.9. The van der Waals surface area contributed by atoms with Crippen molar-refractivity contribution in [2.75, 3.05) is 5.75 Å². The van der Waals surface area contributed by atoms with E-state index in [-0.39, 0.29) is 18.1 Å². The first-order chi connectivity index (χ1) is 9.23. The number of hydrogen-bond acceptors (Lipinski definition) is 5. The van der Waals surface area contributed by atoms with Crippen molar-refractivity contribution in [2.45, 2.75) is 47.0 Å². The Morgan fingerprint density at radius 3 is 2.55 bits per heavy atom. The summed E-state index contributed by atoms with van der Waals surface area (Å²) in [5.41, 5.74) is 0.654. The molecule has 0 saturated carbocycles. The number of carbonyl (C=O) groups is 1. The number of nitrogens with one attached hydrogen (secondary N) is 1. The molecule has 0 aromatic carbocycles. The molecule has 0 fully saturated rings. The van der Waals surface area contributed by atoms with Gasteiger partial charge in [0.05, 0.1) is 22.9 Å². The van der Waals surface area contributed by atoms with Gasteiger partial charge in [-0.2, -0.15) is 0 Å². The lowest BCUT2D eigenvalue weighted by Gasteiger charge is -2.11. The predicted molar refractivity (Wildman–Crippen MR) is 81.3 cm³/mol. The molecule has 1 aromatic rings. The van der Waals surface area contributed by atoms with E-state index in [1.165, 1.54) is 11.3 Å². The Morgan fingerprint density at radius 2 is 2.05 bits per heavy atom. The smallest absolute Gasteiger partial charge is 0.239 e. The third-order valence-corrected chi connectivity index (χ3v) is 5.36. The second-order valence-corrected chi connectivity index (χ2v) is 8.29. The molecule has 1 amide bonds. The number of nitrogens with zero attached hydrogens (tertiary/aromatic N) is 1. The Morgan fingerprint density at radius 1 is 1.40 bits per heavy atom. The zero-order chi connectivity index (χ0) is 15.3. The van der Waals surface area contributed by atoms with Crippen molar-refractivity contribution in [3.05, 3.63) is 15.6 Å². The molecule has 1 heterocycles. The molecule has 114 valence electrons. The summed E-state index contributed by atoms with van der Waals surface area (Å²) in [6.07, 6.45) is 1.78. The van der Waals surface area contributed by atoms with Crippen LogP contribution in [0.25, 0.3) is 0 Å². The second-order valence-electron chi connectivity index (χ2n) is 5.11. The van der Waals surface area contributed by atoms with Gasteiger partial charge in [0, 0.05) is 4.88 Å². The van der Waals surface area contributed by atoms with Crippen molar-refractivity contribution >= 4 is 27.3 Å². The van der Waals surface area contributed by atoms with Crippen LogP contribution in [0.15, 0.2) is 0 Å². The number of amides is 1. The molecule has 0 aliphatic heterocycles. The molecular formula is C13H22N2O3S2. The average Bonchev–Trinajstić information content (AvgIpc) is 2.55. The molecule has 20 heavy (non-hydrogen) atoms. The molecule has 0 unspecified atom stereocenters. The van der Waals surface area contributed by atoms with E-state index in [0.29, 0.717) is 5.69 Å². The van der Waals surface area contributed by atoms with Gasteiger partial charge in [-0.3, -0.25) is 9.52 Å². The van der Waals surface area contributed by atoms with Gasteiger partial charge >= 0.3 is 0 Å². The highest BCUT2D eigenvalue weighted by molar-refractivity contribution is 7.90. The van der Waals surface area contributed by atoms with Gasteiger partial charge in [-0.25, -0.2) is 13.4 Å². The standard InChI is InChI=1S/C13H22N2O3S2/c1-5-6-9(2)8-20(17,18)15-13(16)7-12-10(3)19-11(4)14-12/h9H,5-8H2,1-4H3,(H,15,16)/t9-/m1/s1. The van der Waals surface area contributed by atoms with Crippen LogP contribution in [0.2, 0.25) is 0 Å². The van der Waals surface area contributed by atoms with Crippen LogP contribution >= 0.6 is 11.3 Å². The number of aryl methyl sites for hydroxylation is 2. The molecule has 0 aliphatic rings. The minimum atomic E-state index is -3.55. The van der Waals surface area contributed by atoms with Crippen LogP contribution in [-0.2, 0) is 21.2 Å². The summed E-state index contributed by atoms with van der Waals surface area (Å²) in [7, 11) is -3.55. The Kier molecular flexibility index (Phi) is 6.13. The highest BCUT2D eigenvalue weighted by Crippen LogP contribution is 2.16. The number of carbonyl (C=O) groups excluding carboxylic acids is 1. The Bertz CT molecular complexity index is 564. The largest absolute Gasteiger partial charge is 0.274 e. The summed E-state index contributed by atoms with van der Waals surface area (Å²) in [5.74, 6) is -0.475. The second kappa shape index (κ2) is 7.17. The SMILES string of the molecule is CCC[C@@H](C)CS(=O)(=O)NC(=O)Cc1nc(C)sc1C. The molecule has 1 aromatic heterocycles. The molecule has 1 rings (SSSR count). The summed E-state index contributed by atoms with van der Waals surface area (Å²) in [6, 6.07) is 0. The van der Waals surface area contributed by atoms with Crippen LogP contribution in [0, 0.1) is 19.8 Å². The zero-order valence-corrected chi connectivity index (χ0v) is 14.0. The Hall–Kier alpha value is -0.950. The minimum Gasteiger partial charge on any atom is -0.274 e. The number of rotatable bonds is 7. The van der Waals surface area contributed by atoms with Crippen molar-refractivity contribution in [1.82, 2.24) is 9.71 Å². The molecule has 1 atom stereocenters. The maximum atomic E-state index is 11.9. The van der Waals surface area contributed by atoms with Crippen molar-refractivity contribution in [1.29, 1.82) is 0 Å².